The highest BCUT2D eigenvalue weighted by atomic mass is 16.3. The molecule has 0 saturated carbocycles. The van der Waals surface area contributed by atoms with Crippen molar-refractivity contribution in [1.29, 1.82) is 0 Å². The Morgan fingerprint density at radius 3 is 2.64 bits per heavy atom. The third-order valence-corrected chi connectivity index (χ3v) is 5.70. The van der Waals surface area contributed by atoms with Crippen molar-refractivity contribution in [3.05, 3.63) is 95.5 Å². The normalized spacial score (nSPS) is 12.9. The highest BCUT2D eigenvalue weighted by Gasteiger charge is 2.14. The lowest BCUT2D eigenvalue weighted by molar-refractivity contribution is 0.0956. The molecule has 2 aromatic heterocycles. The lowest BCUT2D eigenvalue weighted by Crippen LogP contribution is -2.18. The molecule has 0 fully saturated rings. The second-order valence-electron chi connectivity index (χ2n) is 8.11. The number of aromatic nitrogens is 1. The van der Waals surface area contributed by atoms with E-state index in [9.17, 15) is 4.79 Å². The van der Waals surface area contributed by atoms with E-state index in [1.165, 1.54) is 5.56 Å². The summed E-state index contributed by atoms with van der Waals surface area (Å²) in [5.74, 6) is 0.954. The molecule has 0 bridgehead atoms. The van der Waals surface area contributed by atoms with Gasteiger partial charge in [0.25, 0.3) is 5.91 Å². The largest absolute Gasteiger partial charge is 0.465 e. The van der Waals surface area contributed by atoms with E-state index in [0.717, 1.165) is 39.9 Å². The zero-order valence-electron chi connectivity index (χ0n) is 19.1. The summed E-state index contributed by atoms with van der Waals surface area (Å²) in [7, 11) is 0. The molecule has 33 heavy (non-hydrogen) atoms. The Bertz CT molecular complexity index is 1300. The Morgan fingerprint density at radius 1 is 1.12 bits per heavy atom. The van der Waals surface area contributed by atoms with Crippen molar-refractivity contribution >= 4 is 29.1 Å². The Hall–Kier alpha value is -3.99. The molecule has 5 heteroatoms. The number of nitrogens with zero attached hydrogens (tertiary/aromatic N) is 2. The van der Waals surface area contributed by atoms with Crippen molar-refractivity contribution < 1.29 is 9.21 Å². The molecule has 2 aromatic carbocycles. The number of allylic oxidation sites excluding steroid dienone is 1. The van der Waals surface area contributed by atoms with Crippen LogP contribution in [-0.4, -0.2) is 17.1 Å². The first-order chi connectivity index (χ1) is 16.0. The minimum Gasteiger partial charge on any atom is -0.465 e. The van der Waals surface area contributed by atoms with E-state index in [0.29, 0.717) is 11.5 Å². The van der Waals surface area contributed by atoms with Crippen LogP contribution in [0.3, 0.4) is 0 Å². The lowest BCUT2D eigenvalue weighted by Gasteiger charge is -2.11. The first kappa shape index (κ1) is 22.2. The molecular weight excluding hydrogens is 410 g/mol. The van der Waals surface area contributed by atoms with Gasteiger partial charge >= 0.3 is 0 Å². The summed E-state index contributed by atoms with van der Waals surface area (Å²) in [5, 5.41) is 4.91. The molecule has 4 aromatic rings. The number of carbonyl (C=O) groups excluding carboxylic acids is 1. The van der Waals surface area contributed by atoms with Crippen molar-refractivity contribution in [3.8, 4) is 11.3 Å². The first-order valence-electron chi connectivity index (χ1n) is 11.1. The van der Waals surface area contributed by atoms with Crippen LogP contribution in [0, 0.1) is 0 Å². The van der Waals surface area contributed by atoms with Crippen LogP contribution in [0.2, 0.25) is 0 Å². The molecule has 5 nitrogen and oxygen atoms in total. The highest BCUT2D eigenvalue weighted by molar-refractivity contribution is 6.07. The zero-order chi connectivity index (χ0) is 23.2. The number of carbonyl (C=O) groups is 1. The summed E-state index contributed by atoms with van der Waals surface area (Å²) in [5.41, 5.74) is 7.83. The van der Waals surface area contributed by atoms with Gasteiger partial charge in [-0.3, -0.25) is 4.79 Å². The van der Waals surface area contributed by atoms with E-state index in [2.05, 4.69) is 48.6 Å². The number of pyridine rings is 1. The van der Waals surface area contributed by atoms with Gasteiger partial charge in [0.1, 0.15) is 5.76 Å². The van der Waals surface area contributed by atoms with Crippen LogP contribution in [0.15, 0.2) is 88.1 Å². The fraction of sp³-hybridized carbons (Fsp3) is 0.179. The Morgan fingerprint density at radius 2 is 1.91 bits per heavy atom. The summed E-state index contributed by atoms with van der Waals surface area (Å²) >= 11 is 0. The van der Waals surface area contributed by atoms with E-state index in [-0.39, 0.29) is 5.91 Å². The van der Waals surface area contributed by atoms with Crippen LogP contribution in [0.5, 0.6) is 0 Å². The predicted octanol–water partition coefficient (Wildman–Crippen LogP) is 6.83. The lowest BCUT2D eigenvalue weighted by atomic mass is 9.96. The van der Waals surface area contributed by atoms with E-state index in [1.54, 1.807) is 12.5 Å². The number of hydrogen-bond acceptors (Lipinski definition) is 4. The van der Waals surface area contributed by atoms with Crippen molar-refractivity contribution in [2.45, 2.75) is 33.1 Å². The monoisotopic (exact) mass is 437 g/mol. The third kappa shape index (κ3) is 5.26. The maximum atomic E-state index is 13.0. The first-order valence-corrected chi connectivity index (χ1v) is 11.1. The molecule has 0 saturated heterocycles. The topological polar surface area (TPSA) is 67.5 Å². The number of fused-ring (bicyclic) bond motifs is 1. The average molecular weight is 438 g/mol. The molecular formula is C28H27N3O2. The second kappa shape index (κ2) is 10.1. The van der Waals surface area contributed by atoms with Gasteiger partial charge in [-0.15, -0.1) is 0 Å². The standard InChI is InChI=1S/C28H27N3O2/c1-4-20(3)21-11-13-22(14-12-21)27-17-25(24-9-5-6-10-26(24)30-27)28(32)31-29-18-19(2)16-23-8-7-15-33-23/h5-18,20H,4H2,1-3H3,(H,31,32)/b19-16+,29-18-/t20-/m0/s1. The smallest absolute Gasteiger partial charge is 0.272 e. The Balaban J connectivity index is 1.61. The van der Waals surface area contributed by atoms with Crippen molar-refractivity contribution in [3.63, 3.8) is 0 Å². The molecule has 4 rings (SSSR count). The van der Waals surface area contributed by atoms with Gasteiger partial charge in [-0.1, -0.05) is 56.3 Å². The maximum Gasteiger partial charge on any atom is 0.272 e. The quantitative estimate of drug-likeness (QED) is 0.255. The molecule has 0 aliphatic heterocycles. The molecule has 0 radical (unpaired) electrons. The number of para-hydroxylation sites is 1. The summed E-state index contributed by atoms with van der Waals surface area (Å²) in [6.07, 6.45) is 6.15. The van der Waals surface area contributed by atoms with Gasteiger partial charge < -0.3 is 4.42 Å². The maximum absolute atomic E-state index is 13.0. The van der Waals surface area contributed by atoms with E-state index in [1.807, 2.05) is 55.5 Å². The number of rotatable bonds is 7. The van der Waals surface area contributed by atoms with Crippen molar-refractivity contribution in [1.82, 2.24) is 10.4 Å². The summed E-state index contributed by atoms with van der Waals surface area (Å²) in [6.45, 7) is 6.30. The number of furan rings is 1. The van der Waals surface area contributed by atoms with Crippen LogP contribution in [0.25, 0.3) is 28.2 Å². The third-order valence-electron chi connectivity index (χ3n) is 5.70. The van der Waals surface area contributed by atoms with Gasteiger partial charge in [0.15, 0.2) is 0 Å². The van der Waals surface area contributed by atoms with Crippen molar-refractivity contribution in [2.24, 2.45) is 5.10 Å². The Kier molecular flexibility index (Phi) is 6.79. The number of hydrogen-bond donors (Lipinski definition) is 1. The minimum absolute atomic E-state index is 0.284. The van der Waals surface area contributed by atoms with E-state index >= 15 is 0 Å². The highest BCUT2D eigenvalue weighted by Crippen LogP contribution is 2.27. The fourth-order valence-corrected chi connectivity index (χ4v) is 3.62. The second-order valence-corrected chi connectivity index (χ2v) is 8.11. The average Bonchev–Trinajstić information content (AvgIpc) is 3.35. The van der Waals surface area contributed by atoms with Crippen LogP contribution in [0.1, 0.15) is 54.8 Å². The number of nitrogens with one attached hydrogen (secondary N) is 1. The summed E-state index contributed by atoms with van der Waals surface area (Å²) in [6, 6.07) is 21.6. The van der Waals surface area contributed by atoms with Gasteiger partial charge in [0, 0.05) is 10.9 Å². The summed E-state index contributed by atoms with van der Waals surface area (Å²) < 4.78 is 5.30. The van der Waals surface area contributed by atoms with Gasteiger partial charge in [-0.25, -0.2) is 10.4 Å². The van der Waals surface area contributed by atoms with Crippen LogP contribution in [0.4, 0.5) is 0 Å². The molecule has 0 aliphatic rings. The molecule has 166 valence electrons. The minimum atomic E-state index is -0.284. The van der Waals surface area contributed by atoms with Gasteiger partial charge in [0.2, 0.25) is 0 Å². The van der Waals surface area contributed by atoms with E-state index < -0.39 is 0 Å². The van der Waals surface area contributed by atoms with Crippen LogP contribution >= 0.6 is 0 Å². The SMILES string of the molecule is CC[C@H](C)c1ccc(-c2cc(C(=O)N/N=C\C(C)=C\c3ccco3)c3ccccc3n2)cc1. The molecule has 0 spiro atoms. The molecule has 1 N–H and O–H groups in total. The molecule has 1 amide bonds. The molecule has 1 atom stereocenters. The number of amides is 1. The molecule has 0 unspecified atom stereocenters. The van der Waals surface area contributed by atoms with E-state index in [4.69, 9.17) is 9.40 Å². The zero-order valence-corrected chi connectivity index (χ0v) is 19.1. The predicted molar refractivity (Wildman–Crippen MR) is 134 cm³/mol. The van der Waals surface area contributed by atoms with Crippen LogP contribution < -0.4 is 5.43 Å². The summed E-state index contributed by atoms with van der Waals surface area (Å²) in [4.78, 5) is 17.8. The van der Waals surface area contributed by atoms with Gasteiger partial charge in [-0.2, -0.15) is 5.10 Å². The van der Waals surface area contributed by atoms with Gasteiger partial charge in [0.05, 0.1) is 29.3 Å². The van der Waals surface area contributed by atoms with Gasteiger partial charge in [-0.05, 0) is 60.7 Å². The van der Waals surface area contributed by atoms with Crippen molar-refractivity contribution in [2.75, 3.05) is 0 Å². The van der Waals surface area contributed by atoms with Crippen LogP contribution in [-0.2, 0) is 0 Å². The fourth-order valence-electron chi connectivity index (χ4n) is 3.62. The number of benzene rings is 2. The molecule has 0 aliphatic carbocycles. The molecule has 2 heterocycles. The number of hydrazone groups is 1. The Labute approximate surface area is 193 Å².